The molecule has 0 N–H and O–H groups in total. The fraction of sp³-hybridized carbons (Fsp3) is 0.364. The zero-order valence-corrected chi connectivity index (χ0v) is 22.6. The normalized spacial score (nSPS) is 19.6. The number of hydrogen-bond acceptors (Lipinski definition) is 5. The number of ether oxygens (including phenoxy) is 4. The Hall–Kier alpha value is -3.64. The number of carbonyl (C=O) groups excluding carboxylic acids is 1. The molecule has 2 heterocycles. The lowest BCUT2D eigenvalue weighted by atomic mass is 9.87. The van der Waals surface area contributed by atoms with Crippen molar-refractivity contribution in [3.63, 3.8) is 0 Å². The Balaban J connectivity index is 1.28. The lowest BCUT2D eigenvalue weighted by Crippen LogP contribution is -2.09. The molecule has 2 atom stereocenters. The van der Waals surface area contributed by atoms with Crippen LogP contribution in [0.25, 0.3) is 16.7 Å². The third-order valence-corrected chi connectivity index (χ3v) is 8.20. The Morgan fingerprint density at radius 2 is 1.90 bits per heavy atom. The molecular formula is C33H33FO5. The number of halogens is 1. The molecule has 0 radical (unpaired) electrons. The van der Waals surface area contributed by atoms with E-state index in [2.05, 4.69) is 32.1 Å². The average molecular weight is 529 g/mol. The molecule has 3 aromatic carbocycles. The highest BCUT2D eigenvalue weighted by atomic mass is 19.1. The summed E-state index contributed by atoms with van der Waals surface area (Å²) in [6.07, 6.45) is 4.44. The number of aryl methyl sites for hydroxylation is 2. The van der Waals surface area contributed by atoms with Gasteiger partial charge in [-0.05, 0) is 84.2 Å². The quantitative estimate of drug-likeness (QED) is 0.322. The molecule has 0 amide bonds. The lowest BCUT2D eigenvalue weighted by Gasteiger charge is -2.20. The minimum atomic E-state index is -0.377. The van der Waals surface area contributed by atoms with E-state index < -0.39 is 0 Å². The van der Waals surface area contributed by atoms with Crippen molar-refractivity contribution in [1.29, 1.82) is 0 Å². The maximum atomic E-state index is 15.3. The van der Waals surface area contributed by atoms with Crippen LogP contribution in [0.3, 0.4) is 0 Å². The first-order chi connectivity index (χ1) is 18.9. The van der Waals surface area contributed by atoms with Crippen LogP contribution in [-0.2, 0) is 20.7 Å². The monoisotopic (exact) mass is 528 g/mol. The number of methoxy groups -OCH3 is 1. The van der Waals surface area contributed by atoms with E-state index >= 15 is 4.39 Å². The van der Waals surface area contributed by atoms with Gasteiger partial charge in [-0.3, -0.25) is 4.79 Å². The van der Waals surface area contributed by atoms with Crippen molar-refractivity contribution in [2.45, 2.75) is 51.6 Å². The molecule has 0 aromatic heterocycles. The summed E-state index contributed by atoms with van der Waals surface area (Å²) in [5, 5.41) is 0. The molecule has 6 heteroatoms. The maximum absolute atomic E-state index is 15.3. The van der Waals surface area contributed by atoms with Gasteiger partial charge in [0, 0.05) is 23.1 Å². The highest BCUT2D eigenvalue weighted by molar-refractivity contribution is 5.79. The van der Waals surface area contributed by atoms with Crippen LogP contribution in [0.1, 0.15) is 64.7 Å². The summed E-state index contributed by atoms with van der Waals surface area (Å²) in [5.41, 5.74) is 9.84. The largest absolute Gasteiger partial charge is 0.492 e. The van der Waals surface area contributed by atoms with E-state index in [0.717, 1.165) is 36.1 Å². The maximum Gasteiger partial charge on any atom is 0.306 e. The number of benzene rings is 3. The lowest BCUT2D eigenvalue weighted by molar-refractivity contribution is -0.141. The molecule has 0 spiro atoms. The number of carbonyl (C=O) groups is 1. The van der Waals surface area contributed by atoms with Gasteiger partial charge in [0.25, 0.3) is 0 Å². The van der Waals surface area contributed by atoms with Crippen LogP contribution < -0.4 is 9.47 Å². The molecule has 39 heavy (non-hydrogen) atoms. The van der Waals surface area contributed by atoms with Crippen molar-refractivity contribution in [1.82, 2.24) is 0 Å². The molecule has 3 aliphatic rings. The molecule has 5 nitrogen and oxygen atoms in total. The van der Waals surface area contributed by atoms with Gasteiger partial charge < -0.3 is 18.9 Å². The Morgan fingerprint density at radius 3 is 2.64 bits per heavy atom. The number of esters is 1. The fourth-order valence-electron chi connectivity index (χ4n) is 6.34. The summed E-state index contributed by atoms with van der Waals surface area (Å²) in [4.78, 5) is 11.7. The molecule has 0 bridgehead atoms. The van der Waals surface area contributed by atoms with Crippen molar-refractivity contribution in [2.75, 3.05) is 26.9 Å². The Bertz CT molecular complexity index is 1450. The summed E-state index contributed by atoms with van der Waals surface area (Å²) in [6.45, 7) is 6.13. The van der Waals surface area contributed by atoms with E-state index in [4.69, 9.17) is 18.9 Å². The van der Waals surface area contributed by atoms with Crippen LogP contribution in [0.2, 0.25) is 0 Å². The van der Waals surface area contributed by atoms with Crippen molar-refractivity contribution in [3.8, 4) is 22.6 Å². The van der Waals surface area contributed by atoms with Crippen molar-refractivity contribution < 1.29 is 28.1 Å². The van der Waals surface area contributed by atoms with Gasteiger partial charge >= 0.3 is 5.97 Å². The molecule has 1 unspecified atom stereocenters. The third-order valence-electron chi connectivity index (χ3n) is 8.20. The molecule has 0 fully saturated rings. The topological polar surface area (TPSA) is 54.0 Å². The van der Waals surface area contributed by atoms with E-state index in [0.29, 0.717) is 36.7 Å². The van der Waals surface area contributed by atoms with Crippen LogP contribution in [-0.4, -0.2) is 32.9 Å². The van der Waals surface area contributed by atoms with Gasteiger partial charge in [-0.15, -0.1) is 0 Å². The molecule has 6 rings (SSSR count). The summed E-state index contributed by atoms with van der Waals surface area (Å²) in [7, 11) is 1.39. The van der Waals surface area contributed by atoms with Gasteiger partial charge in [-0.1, -0.05) is 30.3 Å². The van der Waals surface area contributed by atoms with Gasteiger partial charge in [0.2, 0.25) is 0 Å². The summed E-state index contributed by atoms with van der Waals surface area (Å²) in [6, 6.07) is 13.7. The van der Waals surface area contributed by atoms with E-state index in [1.807, 2.05) is 24.3 Å². The molecule has 2 aliphatic heterocycles. The van der Waals surface area contributed by atoms with Gasteiger partial charge in [-0.25, -0.2) is 4.39 Å². The van der Waals surface area contributed by atoms with Crippen LogP contribution >= 0.6 is 0 Å². The molecule has 202 valence electrons. The SMILES string of the molecule is COC(=O)CC1COc2cc(O[C@@H]3CCc4c(-c5c(C)cc(C6=CCOCC6)cc5C)ccc(F)c43)ccc21. The number of fused-ring (bicyclic) bond motifs is 2. The molecule has 0 saturated carbocycles. The predicted molar refractivity (Wildman–Crippen MR) is 148 cm³/mol. The van der Waals surface area contributed by atoms with Crippen LogP contribution in [0.15, 0.2) is 48.5 Å². The summed E-state index contributed by atoms with van der Waals surface area (Å²) < 4.78 is 37.8. The highest BCUT2D eigenvalue weighted by Gasteiger charge is 2.32. The standard InChI is InChI=1S/C33H33FO5/c1-19-14-22(21-10-12-37-13-11-21)15-20(2)32(19)26-6-8-28(34)33-27(26)7-9-29(33)39-24-4-5-25-23(16-31(35)36-3)18-38-30(25)17-24/h4-6,8,10,14-15,17,23,29H,7,9,11-13,16,18H2,1-3H3/t23?,29-/m1/s1. The second kappa shape index (κ2) is 10.5. The van der Waals surface area contributed by atoms with Gasteiger partial charge in [0.05, 0.1) is 33.4 Å². The van der Waals surface area contributed by atoms with Crippen molar-refractivity contribution in [2.24, 2.45) is 0 Å². The minimum absolute atomic E-state index is 0.0330. The third kappa shape index (κ3) is 4.82. The van der Waals surface area contributed by atoms with Crippen molar-refractivity contribution >= 4 is 11.5 Å². The van der Waals surface area contributed by atoms with Gasteiger partial charge in [-0.2, -0.15) is 0 Å². The zero-order chi connectivity index (χ0) is 27.1. The molecule has 0 saturated heterocycles. The van der Waals surface area contributed by atoms with Gasteiger partial charge in [0.15, 0.2) is 0 Å². The first kappa shape index (κ1) is 25.6. The van der Waals surface area contributed by atoms with E-state index in [-0.39, 0.29) is 30.2 Å². The second-order valence-corrected chi connectivity index (χ2v) is 10.7. The fourth-order valence-corrected chi connectivity index (χ4v) is 6.34. The predicted octanol–water partition coefficient (Wildman–Crippen LogP) is 7.02. The Morgan fingerprint density at radius 1 is 1.08 bits per heavy atom. The Kier molecular flexibility index (Phi) is 6.90. The molecule has 1 aliphatic carbocycles. The number of hydrogen-bond donors (Lipinski definition) is 0. The Labute approximate surface area is 228 Å². The summed E-state index contributed by atoms with van der Waals surface area (Å²) in [5.74, 6) is 0.822. The zero-order valence-electron chi connectivity index (χ0n) is 22.6. The first-order valence-electron chi connectivity index (χ1n) is 13.6. The smallest absolute Gasteiger partial charge is 0.306 e. The average Bonchev–Trinajstić information content (AvgIpc) is 3.54. The molecular weight excluding hydrogens is 495 g/mol. The number of rotatable bonds is 6. The van der Waals surface area contributed by atoms with E-state index in [9.17, 15) is 4.79 Å². The van der Waals surface area contributed by atoms with Crippen LogP contribution in [0, 0.1) is 19.7 Å². The van der Waals surface area contributed by atoms with E-state index in [1.165, 1.54) is 34.9 Å². The first-order valence-corrected chi connectivity index (χ1v) is 13.6. The molecule has 3 aromatic rings. The van der Waals surface area contributed by atoms with Crippen molar-refractivity contribution in [3.05, 3.63) is 87.7 Å². The minimum Gasteiger partial charge on any atom is -0.492 e. The second-order valence-electron chi connectivity index (χ2n) is 10.7. The van der Waals surface area contributed by atoms with Crippen LogP contribution in [0.4, 0.5) is 4.39 Å². The van der Waals surface area contributed by atoms with E-state index in [1.54, 1.807) is 6.07 Å². The van der Waals surface area contributed by atoms with Crippen LogP contribution in [0.5, 0.6) is 11.5 Å². The summed E-state index contributed by atoms with van der Waals surface area (Å²) >= 11 is 0. The van der Waals surface area contributed by atoms with Gasteiger partial charge in [0.1, 0.15) is 23.4 Å². The highest BCUT2D eigenvalue weighted by Crippen LogP contribution is 2.45.